The molecule has 1 heterocycles. The molecule has 3 heteroatoms. The number of thiazole rings is 1. The number of hydrogen-bond acceptors (Lipinski definition) is 2. The molecule has 0 spiro atoms. The molecule has 92 valence electrons. The summed E-state index contributed by atoms with van der Waals surface area (Å²) in [6.07, 6.45) is 8.23. The minimum atomic E-state index is 0.732. The molecule has 0 unspecified atom stereocenters. The van der Waals surface area contributed by atoms with Crippen LogP contribution in [0, 0.1) is 0 Å². The Morgan fingerprint density at radius 3 is 2.61 bits per heavy atom. The average Bonchev–Trinajstić information content (AvgIpc) is 2.75. The topological polar surface area (TPSA) is 12.9 Å². The van der Waals surface area contributed by atoms with Gasteiger partial charge in [0, 0.05) is 15.8 Å². The second kappa shape index (κ2) is 5.37. The molecule has 0 amide bonds. The van der Waals surface area contributed by atoms with E-state index in [-0.39, 0.29) is 0 Å². The summed E-state index contributed by atoms with van der Waals surface area (Å²) >= 11 is 5.18. The van der Waals surface area contributed by atoms with Gasteiger partial charge in [0.05, 0.1) is 5.69 Å². The molecule has 1 fully saturated rings. The Kier molecular flexibility index (Phi) is 3.62. The lowest BCUT2D eigenvalue weighted by Gasteiger charge is -2.22. The molecule has 0 radical (unpaired) electrons. The lowest BCUT2D eigenvalue weighted by molar-refractivity contribution is 0.412. The van der Waals surface area contributed by atoms with Crippen molar-refractivity contribution in [3.8, 4) is 0 Å². The van der Waals surface area contributed by atoms with Crippen LogP contribution in [0.2, 0.25) is 0 Å². The van der Waals surface area contributed by atoms with Gasteiger partial charge < -0.3 is 0 Å². The van der Waals surface area contributed by atoms with Crippen molar-refractivity contribution in [2.75, 3.05) is 0 Å². The maximum atomic E-state index is 4.69. The monoisotopic (exact) mass is 319 g/mol. The van der Waals surface area contributed by atoms with E-state index in [1.807, 2.05) is 0 Å². The third kappa shape index (κ3) is 2.73. The normalized spacial score (nSPS) is 16.1. The first-order valence-electron chi connectivity index (χ1n) is 6.20. The maximum absolute atomic E-state index is 4.69. The summed E-state index contributed by atoms with van der Waals surface area (Å²) in [5, 5.41) is 3.32. The molecule has 1 aliphatic rings. The summed E-state index contributed by atoms with van der Waals surface area (Å²) in [6.45, 7) is 0. The Bertz CT molecular complexity index is 552. The number of nitrogens with zero attached hydrogens (tertiary/aromatic N) is 1. The van der Waals surface area contributed by atoms with Crippen LogP contribution in [-0.2, 0) is 0 Å². The van der Waals surface area contributed by atoms with Crippen molar-refractivity contribution in [2.24, 2.45) is 0 Å². The first-order valence-corrected chi connectivity index (χ1v) is 7.87. The van der Waals surface area contributed by atoms with Crippen LogP contribution < -0.4 is 0 Å². The first kappa shape index (κ1) is 12.1. The third-order valence-electron chi connectivity index (χ3n) is 3.35. The SMILES string of the molecule is Brc1ccc(/C=C/c2nc(C3CCC3)cs2)cc1. The van der Waals surface area contributed by atoms with Crippen LogP contribution in [0.5, 0.6) is 0 Å². The van der Waals surface area contributed by atoms with Crippen LogP contribution in [0.15, 0.2) is 34.1 Å². The molecule has 1 saturated carbocycles. The van der Waals surface area contributed by atoms with Crippen LogP contribution in [-0.4, -0.2) is 4.98 Å². The smallest absolute Gasteiger partial charge is 0.116 e. The molecule has 1 aliphatic carbocycles. The second-order valence-electron chi connectivity index (χ2n) is 4.62. The second-order valence-corrected chi connectivity index (χ2v) is 6.43. The molecule has 0 N–H and O–H groups in total. The molecule has 0 atom stereocenters. The quantitative estimate of drug-likeness (QED) is 0.743. The Labute approximate surface area is 120 Å². The molecule has 1 aromatic carbocycles. The third-order valence-corrected chi connectivity index (χ3v) is 4.71. The van der Waals surface area contributed by atoms with Gasteiger partial charge in [0.1, 0.15) is 5.01 Å². The van der Waals surface area contributed by atoms with Crippen LogP contribution in [0.4, 0.5) is 0 Å². The zero-order chi connectivity index (χ0) is 12.4. The Balaban J connectivity index is 1.71. The van der Waals surface area contributed by atoms with Gasteiger partial charge in [-0.1, -0.05) is 40.6 Å². The summed E-state index contributed by atoms with van der Waals surface area (Å²) < 4.78 is 1.11. The van der Waals surface area contributed by atoms with Crippen molar-refractivity contribution in [3.05, 3.63) is 50.4 Å². The summed E-state index contributed by atoms with van der Waals surface area (Å²) in [5.41, 5.74) is 2.50. The number of hydrogen-bond donors (Lipinski definition) is 0. The maximum Gasteiger partial charge on any atom is 0.116 e. The number of halogens is 1. The fourth-order valence-corrected chi connectivity index (χ4v) is 3.07. The van der Waals surface area contributed by atoms with E-state index >= 15 is 0 Å². The zero-order valence-electron chi connectivity index (χ0n) is 9.97. The van der Waals surface area contributed by atoms with Crippen molar-refractivity contribution in [1.82, 2.24) is 4.98 Å². The fraction of sp³-hybridized carbons (Fsp3) is 0.267. The Morgan fingerprint density at radius 2 is 1.94 bits per heavy atom. The van der Waals surface area contributed by atoms with Crippen LogP contribution in [0.25, 0.3) is 12.2 Å². The van der Waals surface area contributed by atoms with Crippen molar-refractivity contribution < 1.29 is 0 Å². The van der Waals surface area contributed by atoms with Gasteiger partial charge in [0.2, 0.25) is 0 Å². The number of aromatic nitrogens is 1. The van der Waals surface area contributed by atoms with Gasteiger partial charge in [-0.3, -0.25) is 0 Å². The standard InChI is InChI=1S/C15H14BrNS/c16-13-7-4-11(5-8-13)6-9-15-17-14(10-18-15)12-2-1-3-12/h4-10,12H,1-3H2/b9-6+. The predicted molar refractivity (Wildman–Crippen MR) is 81.8 cm³/mol. The van der Waals surface area contributed by atoms with Gasteiger partial charge in [-0.15, -0.1) is 11.3 Å². The lowest BCUT2D eigenvalue weighted by atomic mass is 9.83. The van der Waals surface area contributed by atoms with Crippen LogP contribution >= 0.6 is 27.3 Å². The Morgan fingerprint density at radius 1 is 1.17 bits per heavy atom. The van der Waals surface area contributed by atoms with E-state index in [0.29, 0.717) is 0 Å². The zero-order valence-corrected chi connectivity index (χ0v) is 12.4. The van der Waals surface area contributed by atoms with E-state index in [9.17, 15) is 0 Å². The van der Waals surface area contributed by atoms with E-state index in [1.165, 1.54) is 30.5 Å². The van der Waals surface area contributed by atoms with Gasteiger partial charge in [0.15, 0.2) is 0 Å². The molecule has 2 aromatic rings. The molecular weight excluding hydrogens is 306 g/mol. The average molecular weight is 320 g/mol. The molecule has 0 saturated heterocycles. The summed E-state index contributed by atoms with van der Waals surface area (Å²) in [4.78, 5) is 4.69. The van der Waals surface area contributed by atoms with Gasteiger partial charge in [-0.2, -0.15) is 0 Å². The summed E-state index contributed by atoms with van der Waals surface area (Å²) in [5.74, 6) is 0.732. The first-order chi connectivity index (χ1) is 8.81. The van der Waals surface area contributed by atoms with E-state index in [4.69, 9.17) is 0 Å². The highest BCUT2D eigenvalue weighted by atomic mass is 79.9. The number of benzene rings is 1. The molecule has 3 rings (SSSR count). The van der Waals surface area contributed by atoms with E-state index in [2.05, 4.69) is 62.7 Å². The van der Waals surface area contributed by atoms with Crippen LogP contribution in [0.1, 0.15) is 41.4 Å². The van der Waals surface area contributed by atoms with Crippen molar-refractivity contribution in [3.63, 3.8) is 0 Å². The highest BCUT2D eigenvalue weighted by molar-refractivity contribution is 9.10. The van der Waals surface area contributed by atoms with E-state index in [1.54, 1.807) is 11.3 Å². The highest BCUT2D eigenvalue weighted by Crippen LogP contribution is 2.36. The van der Waals surface area contributed by atoms with Crippen LogP contribution in [0.3, 0.4) is 0 Å². The molecule has 1 aromatic heterocycles. The van der Waals surface area contributed by atoms with E-state index in [0.717, 1.165) is 15.4 Å². The highest BCUT2D eigenvalue weighted by Gasteiger charge is 2.21. The van der Waals surface area contributed by atoms with Gasteiger partial charge in [-0.05, 0) is 36.6 Å². The summed E-state index contributed by atoms with van der Waals surface area (Å²) in [6, 6.07) is 8.31. The van der Waals surface area contributed by atoms with Crippen molar-refractivity contribution >= 4 is 39.4 Å². The minimum Gasteiger partial charge on any atom is -0.241 e. The van der Waals surface area contributed by atoms with Gasteiger partial charge >= 0.3 is 0 Å². The van der Waals surface area contributed by atoms with Crippen molar-refractivity contribution in [1.29, 1.82) is 0 Å². The van der Waals surface area contributed by atoms with Crippen molar-refractivity contribution in [2.45, 2.75) is 25.2 Å². The Hall–Kier alpha value is -0.930. The van der Waals surface area contributed by atoms with Gasteiger partial charge in [0.25, 0.3) is 0 Å². The molecule has 0 bridgehead atoms. The summed E-state index contributed by atoms with van der Waals surface area (Å²) in [7, 11) is 0. The minimum absolute atomic E-state index is 0.732. The fourth-order valence-electron chi connectivity index (χ4n) is 2.01. The molecule has 18 heavy (non-hydrogen) atoms. The lowest BCUT2D eigenvalue weighted by Crippen LogP contribution is -2.08. The molecule has 1 nitrogen and oxygen atoms in total. The number of rotatable bonds is 3. The molecular formula is C15H14BrNS. The molecule has 0 aliphatic heterocycles. The predicted octanol–water partition coefficient (Wildman–Crippen LogP) is 5.34. The largest absolute Gasteiger partial charge is 0.241 e. The van der Waals surface area contributed by atoms with Gasteiger partial charge in [-0.25, -0.2) is 4.98 Å². The van der Waals surface area contributed by atoms with E-state index < -0.39 is 0 Å².